The fourth-order valence-corrected chi connectivity index (χ4v) is 1.88. The van der Waals surface area contributed by atoms with Crippen LogP contribution in [-0.2, 0) is 20.7 Å². The second-order valence-electron chi connectivity index (χ2n) is 4.71. The van der Waals surface area contributed by atoms with Crippen LogP contribution in [0.15, 0.2) is 48.5 Å². The maximum Gasteiger partial charge on any atom is 0.343 e. The summed E-state index contributed by atoms with van der Waals surface area (Å²) in [6.45, 7) is -0.219. The Morgan fingerprint density at radius 3 is 2.65 bits per heavy atom. The van der Waals surface area contributed by atoms with E-state index < -0.39 is 11.8 Å². The van der Waals surface area contributed by atoms with Gasteiger partial charge in [-0.15, -0.1) is 0 Å². The van der Waals surface area contributed by atoms with Crippen LogP contribution in [0.5, 0.6) is 5.75 Å². The van der Waals surface area contributed by atoms with E-state index in [1.165, 1.54) is 13.2 Å². The van der Waals surface area contributed by atoms with E-state index in [-0.39, 0.29) is 18.9 Å². The molecule has 0 fully saturated rings. The van der Waals surface area contributed by atoms with Crippen LogP contribution in [-0.4, -0.2) is 25.6 Å². The van der Waals surface area contributed by atoms with Gasteiger partial charge < -0.3 is 14.8 Å². The van der Waals surface area contributed by atoms with Crippen molar-refractivity contribution < 1.29 is 23.5 Å². The first kappa shape index (κ1) is 16.5. The molecule has 0 spiro atoms. The van der Waals surface area contributed by atoms with Crippen LogP contribution >= 0.6 is 0 Å². The lowest BCUT2D eigenvalue weighted by atomic mass is 10.1. The number of anilines is 1. The molecule has 0 atom stereocenters. The Labute approximate surface area is 133 Å². The number of hydrogen-bond acceptors (Lipinski definition) is 4. The number of halogens is 1. The van der Waals surface area contributed by atoms with Crippen LogP contribution in [0.25, 0.3) is 0 Å². The number of carbonyl (C=O) groups excluding carboxylic acids is 2. The summed E-state index contributed by atoms with van der Waals surface area (Å²) in [7, 11) is 1.27. The van der Waals surface area contributed by atoms with Crippen molar-refractivity contribution in [3.63, 3.8) is 0 Å². The van der Waals surface area contributed by atoms with E-state index in [1.54, 1.807) is 42.5 Å². The van der Waals surface area contributed by atoms with Crippen molar-refractivity contribution in [1.82, 2.24) is 0 Å². The zero-order valence-corrected chi connectivity index (χ0v) is 12.5. The lowest BCUT2D eigenvalue weighted by Crippen LogP contribution is -2.15. The topological polar surface area (TPSA) is 64.6 Å². The molecular formula is C17H16FNO4. The standard InChI is InChI=1S/C17H16FNO4/c1-22-17(21)11-23-14-7-4-6-13(10-14)19-16(20)9-12-5-2-3-8-15(12)18/h2-8,10H,9,11H2,1H3,(H,19,20). The lowest BCUT2D eigenvalue weighted by Gasteiger charge is -2.09. The van der Waals surface area contributed by atoms with Crippen LogP contribution in [0.3, 0.4) is 0 Å². The molecule has 0 heterocycles. The van der Waals surface area contributed by atoms with Crippen molar-refractivity contribution in [1.29, 1.82) is 0 Å². The molecule has 0 bridgehead atoms. The SMILES string of the molecule is COC(=O)COc1cccc(NC(=O)Cc2ccccc2F)c1. The van der Waals surface area contributed by atoms with Crippen LogP contribution in [0.4, 0.5) is 10.1 Å². The van der Waals surface area contributed by atoms with E-state index in [1.807, 2.05) is 0 Å². The molecule has 0 unspecified atom stereocenters. The summed E-state index contributed by atoms with van der Waals surface area (Å²) < 4.78 is 23.2. The molecule has 0 aromatic heterocycles. The van der Waals surface area contributed by atoms with Gasteiger partial charge in [0.05, 0.1) is 13.5 Å². The Morgan fingerprint density at radius 1 is 1.13 bits per heavy atom. The number of rotatable bonds is 6. The number of esters is 1. The molecule has 1 N–H and O–H groups in total. The second kappa shape index (κ2) is 7.93. The zero-order valence-electron chi connectivity index (χ0n) is 12.5. The molecule has 5 nitrogen and oxygen atoms in total. The maximum atomic E-state index is 13.5. The number of benzene rings is 2. The number of hydrogen-bond donors (Lipinski definition) is 1. The van der Waals surface area contributed by atoms with Gasteiger partial charge in [-0.2, -0.15) is 0 Å². The minimum atomic E-state index is -0.501. The van der Waals surface area contributed by atoms with Crippen molar-refractivity contribution >= 4 is 17.6 Å². The van der Waals surface area contributed by atoms with E-state index >= 15 is 0 Å². The fraction of sp³-hybridized carbons (Fsp3) is 0.176. The minimum absolute atomic E-state index is 0.0695. The van der Waals surface area contributed by atoms with Crippen LogP contribution < -0.4 is 10.1 Å². The zero-order chi connectivity index (χ0) is 16.7. The van der Waals surface area contributed by atoms with Crippen LogP contribution in [0.2, 0.25) is 0 Å². The van der Waals surface area contributed by atoms with Crippen molar-refractivity contribution in [2.45, 2.75) is 6.42 Å². The van der Waals surface area contributed by atoms with Gasteiger partial charge in [-0.1, -0.05) is 24.3 Å². The molecule has 2 aromatic rings. The molecule has 0 radical (unpaired) electrons. The molecule has 0 aliphatic carbocycles. The van der Waals surface area contributed by atoms with Crippen molar-refractivity contribution in [3.8, 4) is 5.75 Å². The normalized spacial score (nSPS) is 10.0. The van der Waals surface area contributed by atoms with Crippen molar-refractivity contribution in [2.24, 2.45) is 0 Å². The Bertz CT molecular complexity index is 702. The van der Waals surface area contributed by atoms with Gasteiger partial charge in [-0.3, -0.25) is 4.79 Å². The molecule has 2 aromatic carbocycles. The summed E-state index contributed by atoms with van der Waals surface area (Å²) >= 11 is 0. The molecule has 6 heteroatoms. The van der Waals surface area contributed by atoms with E-state index in [0.29, 0.717) is 17.0 Å². The maximum absolute atomic E-state index is 13.5. The first-order chi connectivity index (χ1) is 11.1. The molecule has 0 aliphatic rings. The molecule has 0 saturated heterocycles. The average Bonchev–Trinajstić information content (AvgIpc) is 2.55. The van der Waals surface area contributed by atoms with E-state index in [0.717, 1.165) is 0 Å². The van der Waals surface area contributed by atoms with Crippen molar-refractivity contribution in [3.05, 3.63) is 59.9 Å². The molecule has 120 valence electrons. The first-order valence-electron chi connectivity index (χ1n) is 6.91. The highest BCUT2D eigenvalue weighted by Crippen LogP contribution is 2.18. The van der Waals surface area contributed by atoms with E-state index in [2.05, 4.69) is 10.1 Å². The van der Waals surface area contributed by atoms with E-state index in [4.69, 9.17) is 4.74 Å². The quantitative estimate of drug-likeness (QED) is 0.832. The van der Waals surface area contributed by atoms with Gasteiger partial charge in [-0.05, 0) is 23.8 Å². The Balaban J connectivity index is 1.96. The van der Waals surface area contributed by atoms with Gasteiger partial charge >= 0.3 is 5.97 Å². The van der Waals surface area contributed by atoms with Gasteiger partial charge in [0.1, 0.15) is 11.6 Å². The third kappa shape index (κ3) is 5.10. The minimum Gasteiger partial charge on any atom is -0.482 e. The molecule has 23 heavy (non-hydrogen) atoms. The molecule has 0 saturated carbocycles. The van der Waals surface area contributed by atoms with Gasteiger partial charge in [0.2, 0.25) is 5.91 Å². The van der Waals surface area contributed by atoms with Gasteiger partial charge in [0.25, 0.3) is 0 Å². The summed E-state index contributed by atoms with van der Waals surface area (Å²) in [5.41, 5.74) is 0.816. The first-order valence-corrected chi connectivity index (χ1v) is 6.91. The van der Waals surface area contributed by atoms with Gasteiger partial charge in [0, 0.05) is 11.8 Å². The Kier molecular flexibility index (Phi) is 5.68. The van der Waals surface area contributed by atoms with Gasteiger partial charge in [-0.25, -0.2) is 9.18 Å². The van der Waals surface area contributed by atoms with Gasteiger partial charge in [0.15, 0.2) is 6.61 Å². The summed E-state index contributed by atoms with van der Waals surface area (Å²) in [6.07, 6.45) is -0.0695. The third-order valence-electron chi connectivity index (χ3n) is 3.01. The molecule has 0 aliphatic heterocycles. The lowest BCUT2D eigenvalue weighted by molar-refractivity contribution is -0.142. The fourth-order valence-electron chi connectivity index (χ4n) is 1.88. The predicted octanol–water partition coefficient (Wildman–Crippen LogP) is 2.56. The van der Waals surface area contributed by atoms with E-state index in [9.17, 15) is 14.0 Å². The highest BCUT2D eigenvalue weighted by Gasteiger charge is 2.09. The second-order valence-corrected chi connectivity index (χ2v) is 4.71. The third-order valence-corrected chi connectivity index (χ3v) is 3.01. The summed E-state index contributed by atoms with van der Waals surface area (Å²) in [5, 5.41) is 2.66. The number of carbonyl (C=O) groups is 2. The predicted molar refractivity (Wildman–Crippen MR) is 82.7 cm³/mol. The smallest absolute Gasteiger partial charge is 0.343 e. The average molecular weight is 317 g/mol. The highest BCUT2D eigenvalue weighted by molar-refractivity contribution is 5.92. The Morgan fingerprint density at radius 2 is 1.91 bits per heavy atom. The number of nitrogens with one attached hydrogen (secondary N) is 1. The van der Waals surface area contributed by atoms with Crippen LogP contribution in [0.1, 0.15) is 5.56 Å². The monoisotopic (exact) mass is 317 g/mol. The Hall–Kier alpha value is -2.89. The number of ether oxygens (including phenoxy) is 2. The summed E-state index contributed by atoms with van der Waals surface area (Å²) in [6, 6.07) is 12.7. The molecule has 1 amide bonds. The summed E-state index contributed by atoms with van der Waals surface area (Å²) in [4.78, 5) is 23.0. The summed E-state index contributed by atoms with van der Waals surface area (Å²) in [5.74, 6) is -0.851. The van der Waals surface area contributed by atoms with Crippen LogP contribution in [0, 0.1) is 5.82 Å². The highest BCUT2D eigenvalue weighted by atomic mass is 19.1. The number of amides is 1. The number of methoxy groups -OCH3 is 1. The van der Waals surface area contributed by atoms with Crippen molar-refractivity contribution in [2.75, 3.05) is 19.0 Å². The molecule has 2 rings (SSSR count). The largest absolute Gasteiger partial charge is 0.482 e. The molecular weight excluding hydrogens is 301 g/mol.